The molecule has 1 aliphatic rings. The second kappa shape index (κ2) is 5.87. The van der Waals surface area contributed by atoms with Crippen LogP contribution in [0.15, 0.2) is 24.3 Å². The number of piperazine rings is 1. The maximum absolute atomic E-state index is 12.1. The molecule has 1 saturated heterocycles. The Morgan fingerprint density at radius 3 is 3.20 bits per heavy atom. The van der Waals surface area contributed by atoms with Gasteiger partial charge in [0.15, 0.2) is 5.13 Å². The number of rotatable bonds is 3. The van der Waals surface area contributed by atoms with Crippen molar-refractivity contribution in [2.75, 3.05) is 31.5 Å². The number of nitrogens with one attached hydrogen (secondary N) is 2. The number of nitrogens with zero attached hydrogens (tertiary/aromatic N) is 2. The van der Waals surface area contributed by atoms with Crippen molar-refractivity contribution in [1.29, 1.82) is 0 Å². The summed E-state index contributed by atoms with van der Waals surface area (Å²) in [5.74, 6) is 0.0122. The third-order valence-corrected chi connectivity index (χ3v) is 4.31. The Morgan fingerprint density at radius 1 is 1.55 bits per heavy atom. The van der Waals surface area contributed by atoms with E-state index in [1.54, 1.807) is 0 Å². The van der Waals surface area contributed by atoms with Crippen LogP contribution in [-0.4, -0.2) is 48.0 Å². The number of aromatic nitrogens is 1. The molecule has 2 heterocycles. The highest BCUT2D eigenvalue weighted by Crippen LogP contribution is 2.25. The minimum atomic E-state index is 0.0122. The molecule has 3 rings (SSSR count). The van der Waals surface area contributed by atoms with Crippen molar-refractivity contribution in [2.24, 2.45) is 0 Å². The second-order valence-electron chi connectivity index (χ2n) is 5.13. The number of amides is 1. The van der Waals surface area contributed by atoms with Crippen LogP contribution in [0.25, 0.3) is 10.2 Å². The van der Waals surface area contributed by atoms with Crippen LogP contribution in [0.3, 0.4) is 0 Å². The summed E-state index contributed by atoms with van der Waals surface area (Å²) in [5.41, 5.74) is 0.934. The molecule has 0 radical (unpaired) electrons. The molecule has 2 aromatic rings. The molecule has 1 atom stereocenters. The minimum Gasteiger partial charge on any atom is -0.312 e. The highest BCUT2D eigenvalue weighted by Gasteiger charge is 2.18. The predicted molar refractivity (Wildman–Crippen MR) is 82.2 cm³/mol. The van der Waals surface area contributed by atoms with Gasteiger partial charge in [-0.25, -0.2) is 4.98 Å². The number of anilines is 1. The lowest BCUT2D eigenvalue weighted by Gasteiger charge is -2.31. The van der Waals surface area contributed by atoms with Gasteiger partial charge in [0.1, 0.15) is 0 Å². The minimum absolute atomic E-state index is 0.0122. The first kappa shape index (κ1) is 13.5. The molecular formula is C14H18N4OS. The van der Waals surface area contributed by atoms with E-state index < -0.39 is 0 Å². The normalized spacial score (nSPS) is 20.1. The van der Waals surface area contributed by atoms with Crippen LogP contribution in [0, 0.1) is 0 Å². The van der Waals surface area contributed by atoms with Crippen LogP contribution in [0.5, 0.6) is 0 Å². The number of fused-ring (bicyclic) bond motifs is 1. The Hall–Kier alpha value is -1.50. The van der Waals surface area contributed by atoms with E-state index in [0.29, 0.717) is 17.7 Å². The van der Waals surface area contributed by atoms with Gasteiger partial charge in [-0.15, -0.1) is 0 Å². The van der Waals surface area contributed by atoms with E-state index in [0.717, 1.165) is 29.9 Å². The van der Waals surface area contributed by atoms with E-state index in [-0.39, 0.29) is 5.91 Å². The van der Waals surface area contributed by atoms with Gasteiger partial charge in [-0.05, 0) is 19.1 Å². The molecule has 106 valence electrons. The van der Waals surface area contributed by atoms with Crippen LogP contribution < -0.4 is 10.6 Å². The van der Waals surface area contributed by atoms with Gasteiger partial charge in [0.25, 0.3) is 0 Å². The van der Waals surface area contributed by atoms with Crippen LogP contribution in [0.4, 0.5) is 5.13 Å². The fourth-order valence-electron chi connectivity index (χ4n) is 2.44. The maximum atomic E-state index is 12.1. The summed E-state index contributed by atoms with van der Waals surface area (Å²) in [4.78, 5) is 18.6. The van der Waals surface area contributed by atoms with Crippen molar-refractivity contribution in [3.05, 3.63) is 24.3 Å². The number of carbonyl (C=O) groups is 1. The highest BCUT2D eigenvalue weighted by molar-refractivity contribution is 7.22. The number of para-hydroxylation sites is 1. The van der Waals surface area contributed by atoms with Crippen LogP contribution in [0.2, 0.25) is 0 Å². The first-order valence-electron chi connectivity index (χ1n) is 6.82. The maximum Gasteiger partial charge on any atom is 0.240 e. The van der Waals surface area contributed by atoms with E-state index in [4.69, 9.17) is 0 Å². The zero-order valence-corrected chi connectivity index (χ0v) is 12.2. The Labute approximate surface area is 122 Å². The summed E-state index contributed by atoms with van der Waals surface area (Å²) in [7, 11) is 0. The Kier molecular flexibility index (Phi) is 3.95. The third-order valence-electron chi connectivity index (χ3n) is 3.36. The molecule has 0 spiro atoms. The first-order valence-corrected chi connectivity index (χ1v) is 7.63. The highest BCUT2D eigenvalue weighted by atomic mass is 32.1. The van der Waals surface area contributed by atoms with Crippen LogP contribution in [-0.2, 0) is 4.79 Å². The van der Waals surface area contributed by atoms with E-state index in [2.05, 4.69) is 27.4 Å². The molecule has 0 aliphatic carbocycles. The van der Waals surface area contributed by atoms with Gasteiger partial charge in [-0.3, -0.25) is 9.69 Å². The number of thiazole rings is 1. The third kappa shape index (κ3) is 3.15. The zero-order valence-electron chi connectivity index (χ0n) is 11.4. The van der Waals surface area contributed by atoms with Crippen molar-refractivity contribution in [3.63, 3.8) is 0 Å². The molecule has 0 bridgehead atoms. The van der Waals surface area contributed by atoms with Gasteiger partial charge in [-0.2, -0.15) is 0 Å². The average Bonchev–Trinajstić information content (AvgIpc) is 2.80. The Balaban J connectivity index is 1.60. The van der Waals surface area contributed by atoms with Gasteiger partial charge in [0.05, 0.1) is 16.8 Å². The van der Waals surface area contributed by atoms with E-state index in [9.17, 15) is 4.79 Å². The van der Waals surface area contributed by atoms with Crippen molar-refractivity contribution >= 4 is 32.6 Å². The number of benzene rings is 1. The standard InChI is InChI=1S/C14H18N4OS/c1-10-8-18(7-6-15-10)9-13(19)17-14-16-11-4-2-3-5-12(11)20-14/h2-5,10,15H,6-9H2,1H3,(H,16,17,19). The van der Waals surface area contributed by atoms with Crippen LogP contribution >= 0.6 is 11.3 Å². The lowest BCUT2D eigenvalue weighted by Crippen LogP contribution is -2.51. The number of carbonyl (C=O) groups excluding carboxylic acids is 1. The van der Waals surface area contributed by atoms with E-state index >= 15 is 0 Å². The fraction of sp³-hybridized carbons (Fsp3) is 0.429. The molecule has 2 N–H and O–H groups in total. The Bertz CT molecular complexity index is 579. The monoisotopic (exact) mass is 290 g/mol. The predicted octanol–water partition coefficient (Wildman–Crippen LogP) is 1.53. The van der Waals surface area contributed by atoms with Gasteiger partial charge >= 0.3 is 0 Å². The van der Waals surface area contributed by atoms with Gasteiger partial charge in [-0.1, -0.05) is 23.5 Å². The largest absolute Gasteiger partial charge is 0.312 e. The van der Waals surface area contributed by atoms with Crippen molar-refractivity contribution < 1.29 is 4.79 Å². The second-order valence-corrected chi connectivity index (χ2v) is 6.16. The number of hydrogen-bond donors (Lipinski definition) is 2. The van der Waals surface area contributed by atoms with E-state index in [1.165, 1.54) is 11.3 Å². The average molecular weight is 290 g/mol. The van der Waals surface area contributed by atoms with Crippen molar-refractivity contribution in [2.45, 2.75) is 13.0 Å². The van der Waals surface area contributed by atoms with Gasteiger partial charge < -0.3 is 10.6 Å². The van der Waals surface area contributed by atoms with E-state index in [1.807, 2.05) is 24.3 Å². The van der Waals surface area contributed by atoms with Crippen LogP contribution in [0.1, 0.15) is 6.92 Å². The molecular weight excluding hydrogens is 272 g/mol. The molecule has 1 aliphatic heterocycles. The summed E-state index contributed by atoms with van der Waals surface area (Å²) in [6.07, 6.45) is 0. The van der Waals surface area contributed by atoms with Gasteiger partial charge in [0, 0.05) is 25.7 Å². The summed E-state index contributed by atoms with van der Waals surface area (Å²) in [5, 5.41) is 6.95. The molecule has 1 fully saturated rings. The Morgan fingerprint density at radius 2 is 2.40 bits per heavy atom. The lowest BCUT2D eigenvalue weighted by molar-refractivity contribution is -0.117. The molecule has 20 heavy (non-hydrogen) atoms. The first-order chi connectivity index (χ1) is 9.70. The van der Waals surface area contributed by atoms with Crippen molar-refractivity contribution in [3.8, 4) is 0 Å². The summed E-state index contributed by atoms with van der Waals surface area (Å²) in [6.45, 7) is 5.33. The molecule has 6 heteroatoms. The molecule has 1 aromatic carbocycles. The smallest absolute Gasteiger partial charge is 0.240 e. The summed E-state index contributed by atoms with van der Waals surface area (Å²) in [6, 6.07) is 8.35. The quantitative estimate of drug-likeness (QED) is 0.900. The summed E-state index contributed by atoms with van der Waals surface area (Å²) < 4.78 is 1.10. The molecule has 1 amide bonds. The SMILES string of the molecule is CC1CN(CC(=O)Nc2nc3ccccc3s2)CCN1. The molecule has 5 nitrogen and oxygen atoms in total. The topological polar surface area (TPSA) is 57.3 Å². The fourth-order valence-corrected chi connectivity index (χ4v) is 3.33. The lowest BCUT2D eigenvalue weighted by atomic mass is 10.2. The number of hydrogen-bond acceptors (Lipinski definition) is 5. The van der Waals surface area contributed by atoms with Crippen molar-refractivity contribution in [1.82, 2.24) is 15.2 Å². The van der Waals surface area contributed by atoms with Gasteiger partial charge in [0.2, 0.25) is 5.91 Å². The zero-order chi connectivity index (χ0) is 13.9. The molecule has 0 saturated carbocycles. The molecule has 1 aromatic heterocycles. The molecule has 1 unspecified atom stereocenters. The summed E-state index contributed by atoms with van der Waals surface area (Å²) >= 11 is 1.51.